The summed E-state index contributed by atoms with van der Waals surface area (Å²) in [7, 11) is 0. The minimum absolute atomic E-state index is 0.203. The summed E-state index contributed by atoms with van der Waals surface area (Å²) in [6.07, 6.45) is 3.79. The summed E-state index contributed by atoms with van der Waals surface area (Å²) >= 11 is 4.99. The van der Waals surface area contributed by atoms with Crippen LogP contribution in [0.15, 0.2) is 34.8 Å². The molecular formula is C17H19BrFNS. The van der Waals surface area contributed by atoms with E-state index >= 15 is 0 Å². The Hall–Kier alpha value is -0.710. The molecule has 0 amide bonds. The number of hydrogen-bond donors (Lipinski definition) is 1. The molecule has 0 radical (unpaired) electrons. The van der Waals surface area contributed by atoms with Crippen molar-refractivity contribution >= 4 is 27.3 Å². The summed E-state index contributed by atoms with van der Waals surface area (Å²) in [4.78, 5) is 2.52. The molecule has 0 spiro atoms. The second kappa shape index (κ2) is 6.59. The number of rotatable bonds is 6. The van der Waals surface area contributed by atoms with Crippen LogP contribution in [0.3, 0.4) is 0 Å². The van der Waals surface area contributed by atoms with Gasteiger partial charge in [-0.2, -0.15) is 0 Å². The monoisotopic (exact) mass is 367 g/mol. The van der Waals surface area contributed by atoms with Crippen LogP contribution in [0.4, 0.5) is 4.39 Å². The molecule has 0 bridgehead atoms. The lowest BCUT2D eigenvalue weighted by atomic mass is 10.1. The van der Waals surface area contributed by atoms with E-state index in [0.29, 0.717) is 10.5 Å². The molecule has 1 aliphatic carbocycles. The third-order valence-corrected chi connectivity index (χ3v) is 5.71. The van der Waals surface area contributed by atoms with Crippen molar-refractivity contribution < 1.29 is 4.39 Å². The molecule has 0 aliphatic heterocycles. The van der Waals surface area contributed by atoms with E-state index in [9.17, 15) is 4.39 Å². The zero-order valence-corrected chi connectivity index (χ0v) is 14.4. The largest absolute Gasteiger partial charge is 0.309 e. The Labute approximate surface area is 137 Å². The molecule has 1 nitrogen and oxygen atoms in total. The molecular weight excluding hydrogens is 349 g/mol. The van der Waals surface area contributed by atoms with Crippen molar-refractivity contribution in [1.82, 2.24) is 5.32 Å². The number of hydrogen-bond acceptors (Lipinski definition) is 2. The van der Waals surface area contributed by atoms with E-state index in [1.54, 1.807) is 23.5 Å². The smallest absolute Gasteiger partial charge is 0.138 e. The first-order chi connectivity index (χ1) is 10.2. The van der Waals surface area contributed by atoms with Crippen molar-refractivity contribution in [1.29, 1.82) is 0 Å². The normalized spacial score (nSPS) is 16.1. The third-order valence-electron chi connectivity index (χ3n) is 3.85. The van der Waals surface area contributed by atoms with Crippen molar-refractivity contribution in [3.8, 4) is 10.4 Å². The van der Waals surface area contributed by atoms with Gasteiger partial charge in [0.1, 0.15) is 5.82 Å². The maximum absolute atomic E-state index is 13.7. The molecule has 1 heterocycles. The van der Waals surface area contributed by atoms with Gasteiger partial charge in [-0.05, 0) is 77.5 Å². The molecule has 0 saturated heterocycles. The summed E-state index contributed by atoms with van der Waals surface area (Å²) in [5, 5.41) is 3.66. The number of benzene rings is 1. The fourth-order valence-electron chi connectivity index (χ4n) is 2.55. The van der Waals surface area contributed by atoms with Gasteiger partial charge in [0.05, 0.1) is 4.47 Å². The standard InChI is InChI=1S/C17H19BrFNS/c1-2-9-20-17(11-3-4-11)16-8-7-15(21-16)12-5-6-13(18)14(19)10-12/h5-8,10-11,17,20H,2-4,9H2,1H3. The maximum Gasteiger partial charge on any atom is 0.138 e. The molecule has 1 aromatic carbocycles. The second-order valence-electron chi connectivity index (χ2n) is 5.60. The summed E-state index contributed by atoms with van der Waals surface area (Å²) in [5.74, 6) is 0.579. The molecule has 1 aliphatic rings. The third kappa shape index (κ3) is 3.55. The van der Waals surface area contributed by atoms with Gasteiger partial charge >= 0.3 is 0 Å². The topological polar surface area (TPSA) is 12.0 Å². The van der Waals surface area contributed by atoms with E-state index in [1.807, 2.05) is 6.07 Å². The maximum atomic E-state index is 13.7. The first kappa shape index (κ1) is 15.2. The molecule has 4 heteroatoms. The Kier molecular flexibility index (Phi) is 4.77. The zero-order valence-electron chi connectivity index (χ0n) is 12.0. The van der Waals surface area contributed by atoms with Gasteiger partial charge < -0.3 is 5.32 Å². The highest BCUT2D eigenvalue weighted by Crippen LogP contribution is 2.44. The van der Waals surface area contributed by atoms with Gasteiger partial charge in [-0.15, -0.1) is 11.3 Å². The van der Waals surface area contributed by atoms with Crippen LogP contribution in [0.2, 0.25) is 0 Å². The lowest BCUT2D eigenvalue weighted by Crippen LogP contribution is -2.22. The van der Waals surface area contributed by atoms with E-state index < -0.39 is 0 Å². The van der Waals surface area contributed by atoms with Crippen LogP contribution < -0.4 is 5.32 Å². The number of nitrogens with one attached hydrogen (secondary N) is 1. The van der Waals surface area contributed by atoms with Crippen LogP contribution in [0.5, 0.6) is 0 Å². The van der Waals surface area contributed by atoms with Gasteiger partial charge in [-0.25, -0.2) is 4.39 Å². The van der Waals surface area contributed by atoms with Crippen molar-refractivity contribution in [3.63, 3.8) is 0 Å². The van der Waals surface area contributed by atoms with Gasteiger partial charge in [0.15, 0.2) is 0 Å². The predicted octanol–water partition coefficient (Wildman–Crippen LogP) is 5.77. The fraction of sp³-hybridized carbons (Fsp3) is 0.412. The Bertz CT molecular complexity index is 621. The fourth-order valence-corrected chi connectivity index (χ4v) is 3.97. The summed E-state index contributed by atoms with van der Waals surface area (Å²) in [6, 6.07) is 10.1. The highest BCUT2D eigenvalue weighted by Gasteiger charge is 2.32. The van der Waals surface area contributed by atoms with Crippen LogP contribution in [-0.2, 0) is 0 Å². The molecule has 3 rings (SSSR count). The summed E-state index contributed by atoms with van der Waals surface area (Å²) in [5.41, 5.74) is 0.956. The highest BCUT2D eigenvalue weighted by atomic mass is 79.9. The second-order valence-corrected chi connectivity index (χ2v) is 7.57. The van der Waals surface area contributed by atoms with E-state index in [0.717, 1.165) is 29.3 Å². The van der Waals surface area contributed by atoms with Crippen LogP contribution in [-0.4, -0.2) is 6.54 Å². The molecule has 1 aromatic heterocycles. The molecule has 1 atom stereocenters. The van der Waals surface area contributed by atoms with Gasteiger partial charge in [0, 0.05) is 15.8 Å². The summed E-state index contributed by atoms with van der Waals surface area (Å²) in [6.45, 7) is 3.25. The summed E-state index contributed by atoms with van der Waals surface area (Å²) < 4.78 is 14.2. The zero-order chi connectivity index (χ0) is 14.8. The van der Waals surface area contributed by atoms with Crippen LogP contribution in [0.25, 0.3) is 10.4 Å². The molecule has 1 saturated carbocycles. The molecule has 2 aromatic rings. The van der Waals surface area contributed by atoms with Gasteiger partial charge in [0.25, 0.3) is 0 Å². The van der Waals surface area contributed by atoms with Crippen molar-refractivity contribution in [2.45, 2.75) is 32.2 Å². The van der Waals surface area contributed by atoms with Crippen LogP contribution in [0, 0.1) is 11.7 Å². The Morgan fingerprint density at radius 1 is 1.33 bits per heavy atom. The van der Waals surface area contributed by atoms with Gasteiger partial charge in [-0.3, -0.25) is 0 Å². The van der Waals surface area contributed by atoms with Gasteiger partial charge in [0.2, 0.25) is 0 Å². The van der Waals surface area contributed by atoms with E-state index in [4.69, 9.17) is 0 Å². The van der Waals surface area contributed by atoms with Crippen LogP contribution >= 0.6 is 27.3 Å². The predicted molar refractivity (Wildman–Crippen MR) is 91.2 cm³/mol. The van der Waals surface area contributed by atoms with E-state index in [-0.39, 0.29) is 5.82 Å². The van der Waals surface area contributed by atoms with Crippen molar-refractivity contribution in [2.24, 2.45) is 5.92 Å². The van der Waals surface area contributed by atoms with Crippen LogP contribution in [0.1, 0.15) is 37.1 Å². The van der Waals surface area contributed by atoms with Crippen molar-refractivity contribution in [2.75, 3.05) is 6.54 Å². The highest BCUT2D eigenvalue weighted by molar-refractivity contribution is 9.10. The van der Waals surface area contributed by atoms with Crippen molar-refractivity contribution in [3.05, 3.63) is 45.5 Å². The molecule has 112 valence electrons. The first-order valence-electron chi connectivity index (χ1n) is 7.47. The lowest BCUT2D eigenvalue weighted by molar-refractivity contribution is 0.488. The van der Waals surface area contributed by atoms with E-state index in [1.165, 1.54) is 17.7 Å². The molecule has 1 N–H and O–H groups in total. The Morgan fingerprint density at radius 2 is 2.14 bits per heavy atom. The quantitative estimate of drug-likeness (QED) is 0.683. The SMILES string of the molecule is CCCNC(c1ccc(-c2ccc(Br)c(F)c2)s1)C1CC1. The number of halogens is 2. The minimum Gasteiger partial charge on any atom is -0.309 e. The van der Waals surface area contributed by atoms with E-state index in [2.05, 4.69) is 40.3 Å². The minimum atomic E-state index is -0.203. The lowest BCUT2D eigenvalue weighted by Gasteiger charge is -2.16. The number of thiophene rings is 1. The molecule has 1 fully saturated rings. The Morgan fingerprint density at radius 3 is 2.81 bits per heavy atom. The average Bonchev–Trinajstić information content (AvgIpc) is 3.20. The molecule has 1 unspecified atom stereocenters. The Balaban J connectivity index is 1.82. The van der Waals surface area contributed by atoms with Gasteiger partial charge in [-0.1, -0.05) is 13.0 Å². The first-order valence-corrected chi connectivity index (χ1v) is 9.08. The molecule has 21 heavy (non-hydrogen) atoms. The average molecular weight is 368 g/mol.